The van der Waals surface area contributed by atoms with Crippen LogP contribution >= 0.6 is 0 Å². The molecule has 0 saturated carbocycles. The van der Waals surface area contributed by atoms with E-state index in [2.05, 4.69) is 10.3 Å². The summed E-state index contributed by atoms with van der Waals surface area (Å²) in [4.78, 5) is 18.0. The van der Waals surface area contributed by atoms with Crippen LogP contribution in [0.15, 0.2) is 30.5 Å². The summed E-state index contributed by atoms with van der Waals surface area (Å²) in [6, 6.07) is 7.79. The van der Waals surface area contributed by atoms with Gasteiger partial charge >= 0.3 is 6.18 Å². The van der Waals surface area contributed by atoms with Crippen LogP contribution in [-0.4, -0.2) is 47.4 Å². The summed E-state index contributed by atoms with van der Waals surface area (Å²) in [6.07, 6.45) is -4.45. The summed E-state index contributed by atoms with van der Waals surface area (Å²) >= 11 is 0. The molecule has 1 aliphatic heterocycles. The topological polar surface area (TPSA) is 89.2 Å². The minimum absolute atomic E-state index is 0.152. The molecular weight excluding hydrogens is 397 g/mol. The monoisotopic (exact) mass is 420 g/mol. The average molecular weight is 420 g/mol. The average Bonchev–Trinajstić information content (AvgIpc) is 2.71. The van der Waals surface area contributed by atoms with Gasteiger partial charge in [-0.05, 0) is 36.6 Å². The lowest BCUT2D eigenvalue weighted by atomic mass is 9.92. The molecule has 2 aromatic rings. The van der Waals surface area contributed by atoms with Crippen LogP contribution in [0.25, 0.3) is 10.9 Å². The third-order valence-corrected chi connectivity index (χ3v) is 5.37. The summed E-state index contributed by atoms with van der Waals surface area (Å²) in [5.41, 5.74) is 1.28. The van der Waals surface area contributed by atoms with Crippen molar-refractivity contribution in [3.8, 4) is 6.07 Å². The Morgan fingerprint density at radius 3 is 2.70 bits per heavy atom. The molecule has 1 amide bonds. The molecule has 1 saturated heterocycles. The zero-order chi connectivity index (χ0) is 22.1. The highest BCUT2D eigenvalue weighted by Gasteiger charge is 2.45. The number of benzene rings is 1. The predicted molar refractivity (Wildman–Crippen MR) is 106 cm³/mol. The smallest absolute Gasteiger partial charge is 0.383 e. The van der Waals surface area contributed by atoms with E-state index in [1.165, 1.54) is 12.3 Å². The number of aliphatic hydroxyl groups is 1. The first-order valence-corrected chi connectivity index (χ1v) is 9.69. The molecule has 0 spiro atoms. The fourth-order valence-electron chi connectivity index (χ4n) is 3.75. The quantitative estimate of drug-likeness (QED) is 0.794. The van der Waals surface area contributed by atoms with Crippen molar-refractivity contribution in [1.82, 2.24) is 10.3 Å². The molecule has 1 fully saturated rings. The van der Waals surface area contributed by atoms with Crippen molar-refractivity contribution in [2.24, 2.45) is 11.8 Å². The maximum Gasteiger partial charge on any atom is 0.393 e. The number of piperidine rings is 1. The molecule has 0 aliphatic carbocycles. The van der Waals surface area contributed by atoms with E-state index in [1.54, 1.807) is 36.9 Å². The van der Waals surface area contributed by atoms with E-state index in [0.717, 1.165) is 0 Å². The van der Waals surface area contributed by atoms with Crippen molar-refractivity contribution >= 4 is 22.5 Å². The van der Waals surface area contributed by atoms with Crippen LogP contribution in [-0.2, 0) is 4.79 Å². The normalized spacial score (nSPS) is 20.8. The van der Waals surface area contributed by atoms with Gasteiger partial charge in [-0.3, -0.25) is 9.78 Å². The van der Waals surface area contributed by atoms with Gasteiger partial charge in [-0.1, -0.05) is 13.8 Å². The Bertz CT molecular complexity index is 971. The summed E-state index contributed by atoms with van der Waals surface area (Å²) in [7, 11) is 0. The second-order valence-electron chi connectivity index (χ2n) is 7.92. The third-order valence-electron chi connectivity index (χ3n) is 5.37. The summed E-state index contributed by atoms with van der Waals surface area (Å²) in [6.45, 7) is 3.20. The van der Waals surface area contributed by atoms with E-state index in [9.17, 15) is 28.3 Å². The Hall–Kier alpha value is -2.86. The molecule has 3 atom stereocenters. The number of halogens is 3. The van der Waals surface area contributed by atoms with E-state index >= 15 is 0 Å². The first-order valence-electron chi connectivity index (χ1n) is 9.69. The maximum atomic E-state index is 13.6. The van der Waals surface area contributed by atoms with Gasteiger partial charge in [-0.25, -0.2) is 0 Å². The predicted octanol–water partition coefficient (Wildman–Crippen LogP) is 3.00. The lowest BCUT2D eigenvalue weighted by Gasteiger charge is -2.40. The third kappa shape index (κ3) is 4.49. The molecule has 1 aromatic heterocycles. The lowest BCUT2D eigenvalue weighted by Crippen LogP contribution is -2.55. The van der Waals surface area contributed by atoms with Crippen molar-refractivity contribution in [3.05, 3.63) is 36.0 Å². The highest BCUT2D eigenvalue weighted by molar-refractivity contribution is 5.95. The van der Waals surface area contributed by atoms with E-state index in [1.807, 2.05) is 6.07 Å². The van der Waals surface area contributed by atoms with E-state index in [0.29, 0.717) is 22.2 Å². The molecular formula is C21H23F3N4O2. The van der Waals surface area contributed by atoms with Crippen LogP contribution < -0.4 is 10.2 Å². The van der Waals surface area contributed by atoms with Crippen molar-refractivity contribution in [2.45, 2.75) is 38.6 Å². The van der Waals surface area contributed by atoms with Gasteiger partial charge in [0.1, 0.15) is 12.2 Å². The molecule has 1 aliphatic rings. The van der Waals surface area contributed by atoms with Crippen molar-refractivity contribution in [3.63, 3.8) is 0 Å². The van der Waals surface area contributed by atoms with Gasteiger partial charge in [0, 0.05) is 36.4 Å². The van der Waals surface area contributed by atoms with Crippen LogP contribution in [0.1, 0.15) is 25.8 Å². The molecule has 9 heteroatoms. The number of hydrogen-bond acceptors (Lipinski definition) is 5. The summed E-state index contributed by atoms with van der Waals surface area (Å²) < 4.78 is 40.8. The molecule has 2 N–H and O–H groups in total. The largest absolute Gasteiger partial charge is 0.393 e. The summed E-state index contributed by atoms with van der Waals surface area (Å²) in [5.74, 6) is -2.67. The zero-order valence-electron chi connectivity index (χ0n) is 16.6. The fourth-order valence-corrected chi connectivity index (χ4v) is 3.75. The second kappa shape index (κ2) is 8.48. The fraction of sp³-hybridized carbons (Fsp3) is 0.476. The van der Waals surface area contributed by atoms with Crippen LogP contribution in [0.3, 0.4) is 0 Å². The van der Waals surface area contributed by atoms with Gasteiger partial charge in [-0.15, -0.1) is 0 Å². The number of amides is 1. The highest BCUT2D eigenvalue weighted by atomic mass is 19.4. The van der Waals surface area contributed by atoms with Crippen LogP contribution in [0, 0.1) is 23.2 Å². The Labute approximate surface area is 172 Å². The first-order chi connectivity index (χ1) is 14.1. The zero-order valence-corrected chi connectivity index (χ0v) is 16.6. The molecule has 6 nitrogen and oxygen atoms in total. The number of nitriles is 1. The molecule has 1 aromatic carbocycles. The first kappa shape index (κ1) is 21.8. The number of nitrogens with zero attached hydrogens (tertiary/aromatic N) is 3. The van der Waals surface area contributed by atoms with Crippen LogP contribution in [0.2, 0.25) is 0 Å². The van der Waals surface area contributed by atoms with Gasteiger partial charge in [0.15, 0.2) is 0 Å². The maximum absolute atomic E-state index is 13.6. The summed E-state index contributed by atoms with van der Waals surface area (Å²) in [5, 5.41) is 22.4. The molecule has 3 unspecified atom stereocenters. The van der Waals surface area contributed by atoms with Crippen molar-refractivity contribution in [2.75, 3.05) is 18.0 Å². The molecule has 160 valence electrons. The molecule has 2 heterocycles. The standard InChI is InChI=1S/C21H23F3N4O2/c1-12(2)19(29)20(30)27-15-8-14(21(22,23)24)10-28(11-15)17-6-5-13(9-25)18-16(17)4-3-7-26-18/h3-7,12,14-15,19,29H,8,10-11H2,1-2H3,(H,27,30). The number of hydrogen-bond donors (Lipinski definition) is 2. The SMILES string of the molecule is CC(C)C(O)C(=O)NC1CC(C(F)(F)F)CN(c2ccc(C#N)c3ncccc23)C1. The van der Waals surface area contributed by atoms with Gasteiger partial charge in [-0.2, -0.15) is 18.4 Å². The van der Waals surface area contributed by atoms with Gasteiger partial charge in [0.05, 0.1) is 17.0 Å². The number of anilines is 1. The van der Waals surface area contributed by atoms with Crippen LogP contribution in [0.5, 0.6) is 0 Å². The Morgan fingerprint density at radius 1 is 1.33 bits per heavy atom. The lowest BCUT2D eigenvalue weighted by molar-refractivity contribution is -0.178. The van der Waals surface area contributed by atoms with Gasteiger partial charge < -0.3 is 15.3 Å². The number of fused-ring (bicyclic) bond motifs is 1. The molecule has 30 heavy (non-hydrogen) atoms. The minimum Gasteiger partial charge on any atom is -0.383 e. The number of pyridine rings is 1. The Balaban J connectivity index is 1.95. The van der Waals surface area contributed by atoms with Gasteiger partial charge in [0.25, 0.3) is 0 Å². The number of nitrogens with one attached hydrogen (secondary N) is 1. The van der Waals surface area contributed by atoms with Crippen molar-refractivity contribution < 1.29 is 23.1 Å². The van der Waals surface area contributed by atoms with E-state index in [4.69, 9.17) is 0 Å². The Kier molecular flexibility index (Phi) is 6.17. The van der Waals surface area contributed by atoms with Crippen molar-refractivity contribution in [1.29, 1.82) is 5.26 Å². The van der Waals surface area contributed by atoms with Crippen LogP contribution in [0.4, 0.5) is 18.9 Å². The van der Waals surface area contributed by atoms with E-state index in [-0.39, 0.29) is 25.4 Å². The molecule has 3 rings (SSSR count). The van der Waals surface area contributed by atoms with Gasteiger partial charge in [0.2, 0.25) is 5.91 Å². The molecule has 0 radical (unpaired) electrons. The van der Waals surface area contributed by atoms with E-state index < -0.39 is 30.1 Å². The number of carbonyl (C=O) groups is 1. The number of aliphatic hydroxyl groups excluding tert-OH is 1. The number of carbonyl (C=O) groups excluding carboxylic acids is 1. The minimum atomic E-state index is -4.43. The number of rotatable bonds is 4. The second-order valence-corrected chi connectivity index (χ2v) is 7.92. The Morgan fingerprint density at radius 2 is 2.07 bits per heavy atom. The molecule has 0 bridgehead atoms. The number of aromatic nitrogens is 1. The highest BCUT2D eigenvalue weighted by Crippen LogP contribution is 2.37. The number of alkyl halides is 3.